The van der Waals surface area contributed by atoms with Gasteiger partial charge in [0.2, 0.25) is 0 Å². The van der Waals surface area contributed by atoms with Gasteiger partial charge in [0.1, 0.15) is 11.5 Å². The number of benzene rings is 2. The molecule has 0 spiro atoms. The number of thiazole rings is 1. The van der Waals surface area contributed by atoms with Gasteiger partial charge in [-0.05, 0) is 69.7 Å². The molecule has 164 valence electrons. The van der Waals surface area contributed by atoms with Crippen molar-refractivity contribution in [2.75, 3.05) is 7.11 Å². The summed E-state index contributed by atoms with van der Waals surface area (Å²) in [7, 11) is 1.66. The van der Waals surface area contributed by atoms with E-state index in [1.807, 2.05) is 41.0 Å². The fourth-order valence-electron chi connectivity index (χ4n) is 4.64. The lowest BCUT2D eigenvalue weighted by Crippen LogP contribution is -2.38. The predicted molar refractivity (Wildman–Crippen MR) is 132 cm³/mol. The Morgan fingerprint density at radius 1 is 1.12 bits per heavy atom. The lowest BCUT2D eigenvalue weighted by atomic mass is 9.83. The van der Waals surface area contributed by atoms with Crippen molar-refractivity contribution < 1.29 is 9.15 Å². The molecule has 2 aromatic carbocycles. The van der Waals surface area contributed by atoms with Crippen LogP contribution in [0, 0.1) is 0 Å². The van der Waals surface area contributed by atoms with Crippen LogP contribution in [0.15, 0.2) is 85.1 Å². The minimum Gasteiger partial charge on any atom is -0.497 e. The maximum absolute atomic E-state index is 13.6. The monoisotopic (exact) mass is 518 g/mol. The lowest BCUT2D eigenvalue weighted by Gasteiger charge is -2.30. The maximum Gasteiger partial charge on any atom is 0.271 e. The van der Waals surface area contributed by atoms with Crippen LogP contribution < -0.4 is 19.6 Å². The van der Waals surface area contributed by atoms with E-state index in [2.05, 4.69) is 40.2 Å². The summed E-state index contributed by atoms with van der Waals surface area (Å²) >= 11 is 4.72. The Morgan fingerprint density at radius 2 is 1.94 bits per heavy atom. The molecule has 0 unspecified atom stereocenters. The number of fused-ring (bicyclic) bond motifs is 3. The molecule has 7 heteroatoms. The molecular formula is C26H19BrN2O3S. The van der Waals surface area contributed by atoms with Gasteiger partial charge in [0.15, 0.2) is 9.47 Å². The van der Waals surface area contributed by atoms with Crippen LogP contribution in [0.5, 0.6) is 5.75 Å². The third-order valence-corrected chi connectivity index (χ3v) is 7.58. The molecule has 0 saturated carbocycles. The molecule has 6 rings (SSSR count). The molecule has 2 aromatic heterocycles. The largest absolute Gasteiger partial charge is 0.497 e. The van der Waals surface area contributed by atoms with E-state index in [0.29, 0.717) is 19.8 Å². The van der Waals surface area contributed by atoms with E-state index < -0.39 is 0 Å². The van der Waals surface area contributed by atoms with Gasteiger partial charge < -0.3 is 9.15 Å². The molecule has 0 amide bonds. The first-order valence-corrected chi connectivity index (χ1v) is 12.3. The summed E-state index contributed by atoms with van der Waals surface area (Å²) < 4.78 is 14.0. The number of ether oxygens (including phenoxy) is 1. The van der Waals surface area contributed by atoms with Crippen LogP contribution >= 0.6 is 27.3 Å². The average Bonchev–Trinajstić information content (AvgIpc) is 3.40. The molecule has 4 aromatic rings. The van der Waals surface area contributed by atoms with Crippen molar-refractivity contribution in [3.05, 3.63) is 113 Å². The number of nitrogens with zero attached hydrogens (tertiary/aromatic N) is 2. The summed E-state index contributed by atoms with van der Waals surface area (Å²) in [5.41, 5.74) is 5.62. The fourth-order valence-corrected chi connectivity index (χ4v) is 5.94. The maximum atomic E-state index is 13.6. The van der Waals surface area contributed by atoms with E-state index in [1.54, 1.807) is 13.2 Å². The van der Waals surface area contributed by atoms with Gasteiger partial charge >= 0.3 is 0 Å². The highest BCUT2D eigenvalue weighted by Crippen LogP contribution is 2.41. The molecule has 5 nitrogen and oxygen atoms in total. The zero-order chi connectivity index (χ0) is 22.5. The number of hydrogen-bond acceptors (Lipinski definition) is 5. The van der Waals surface area contributed by atoms with Crippen molar-refractivity contribution >= 4 is 39.0 Å². The number of furan rings is 1. The number of allylic oxidation sites excluding steroid dienone is 1. The van der Waals surface area contributed by atoms with Crippen LogP contribution in [-0.2, 0) is 6.42 Å². The summed E-state index contributed by atoms with van der Waals surface area (Å²) in [4.78, 5) is 19.4. The second kappa shape index (κ2) is 8.01. The van der Waals surface area contributed by atoms with Crippen molar-refractivity contribution in [3.8, 4) is 5.75 Å². The van der Waals surface area contributed by atoms with Crippen molar-refractivity contribution in [2.45, 2.75) is 18.9 Å². The van der Waals surface area contributed by atoms with Gasteiger partial charge in [0, 0.05) is 11.6 Å². The normalized spacial score (nSPS) is 17.3. The Bertz CT molecular complexity index is 1590. The van der Waals surface area contributed by atoms with Gasteiger partial charge in [0.25, 0.3) is 5.56 Å². The standard InChI is InChI=1S/C26H19BrN2O3S/c1-31-17-9-6-16(7-10-17)24-20-12-8-15-4-2-3-5-19(15)23(20)28-26-29(24)25(30)21(33-26)14-18-11-13-22(27)32-18/h2-7,9-11,13-14,24H,8,12H2,1H3/b21-14-/t24-/m0/s1. The van der Waals surface area contributed by atoms with Gasteiger partial charge in [0.05, 0.1) is 23.4 Å². The second-order valence-corrected chi connectivity index (χ2v) is 9.82. The molecule has 1 aliphatic heterocycles. The van der Waals surface area contributed by atoms with E-state index in [4.69, 9.17) is 14.1 Å². The average molecular weight is 519 g/mol. The number of halogens is 1. The van der Waals surface area contributed by atoms with Crippen molar-refractivity contribution in [2.24, 2.45) is 4.99 Å². The van der Waals surface area contributed by atoms with Gasteiger partial charge in [-0.25, -0.2) is 4.99 Å². The Morgan fingerprint density at radius 3 is 2.70 bits per heavy atom. The first-order chi connectivity index (χ1) is 16.1. The van der Waals surface area contributed by atoms with Crippen LogP contribution in [0.3, 0.4) is 0 Å². The summed E-state index contributed by atoms with van der Waals surface area (Å²) in [6.45, 7) is 0. The Hall–Kier alpha value is -3.16. The first kappa shape index (κ1) is 20.4. The SMILES string of the molecule is COc1ccc([C@H]2C3=C(N=c4s/c(=C\c5ccc(Br)o5)c(=O)n42)c2ccccc2CC3)cc1. The Labute approximate surface area is 202 Å². The van der Waals surface area contributed by atoms with Crippen molar-refractivity contribution in [1.29, 1.82) is 0 Å². The first-order valence-electron chi connectivity index (χ1n) is 10.6. The number of rotatable bonds is 3. The molecule has 2 aliphatic rings. The highest BCUT2D eigenvalue weighted by Gasteiger charge is 2.32. The molecule has 0 bridgehead atoms. The zero-order valence-corrected chi connectivity index (χ0v) is 20.2. The second-order valence-electron chi connectivity index (χ2n) is 8.03. The zero-order valence-electron chi connectivity index (χ0n) is 17.7. The quantitative estimate of drug-likeness (QED) is 0.395. The van der Waals surface area contributed by atoms with E-state index in [-0.39, 0.29) is 11.6 Å². The summed E-state index contributed by atoms with van der Waals surface area (Å²) in [5, 5.41) is 0. The Kier molecular flexibility index (Phi) is 4.96. The molecule has 1 atom stereocenters. The van der Waals surface area contributed by atoms with Gasteiger partial charge in [-0.1, -0.05) is 47.7 Å². The van der Waals surface area contributed by atoms with Crippen LogP contribution in [0.25, 0.3) is 11.8 Å². The number of aromatic nitrogens is 1. The van der Waals surface area contributed by atoms with Gasteiger partial charge in [-0.3, -0.25) is 9.36 Å². The third-order valence-electron chi connectivity index (χ3n) is 6.17. The summed E-state index contributed by atoms with van der Waals surface area (Å²) in [6, 6.07) is 19.9. The molecule has 0 radical (unpaired) electrons. The summed E-state index contributed by atoms with van der Waals surface area (Å²) in [6.07, 6.45) is 3.58. The van der Waals surface area contributed by atoms with Crippen LogP contribution in [0.4, 0.5) is 0 Å². The van der Waals surface area contributed by atoms with Crippen LogP contribution in [-0.4, -0.2) is 11.7 Å². The van der Waals surface area contributed by atoms with Gasteiger partial charge in [-0.15, -0.1) is 0 Å². The third kappa shape index (κ3) is 3.43. The van der Waals surface area contributed by atoms with Crippen molar-refractivity contribution in [1.82, 2.24) is 4.57 Å². The van der Waals surface area contributed by atoms with Crippen LogP contribution in [0.2, 0.25) is 0 Å². The smallest absolute Gasteiger partial charge is 0.271 e. The predicted octanol–water partition coefficient (Wildman–Crippen LogP) is 4.68. The van der Waals surface area contributed by atoms with E-state index in [9.17, 15) is 4.79 Å². The number of methoxy groups -OCH3 is 1. The van der Waals surface area contributed by atoms with E-state index in [1.165, 1.54) is 22.5 Å². The minimum atomic E-state index is -0.207. The summed E-state index contributed by atoms with van der Waals surface area (Å²) in [5.74, 6) is 1.42. The van der Waals surface area contributed by atoms with Gasteiger partial charge in [-0.2, -0.15) is 0 Å². The molecule has 0 N–H and O–H groups in total. The highest BCUT2D eigenvalue weighted by molar-refractivity contribution is 9.10. The molecule has 3 heterocycles. The van der Waals surface area contributed by atoms with E-state index >= 15 is 0 Å². The molecule has 0 saturated heterocycles. The topological polar surface area (TPSA) is 56.7 Å². The number of aryl methyl sites for hydroxylation is 1. The van der Waals surface area contributed by atoms with E-state index in [0.717, 1.165) is 35.4 Å². The highest BCUT2D eigenvalue weighted by atomic mass is 79.9. The minimum absolute atomic E-state index is 0.0579. The molecule has 1 aliphatic carbocycles. The Balaban J connectivity index is 1.62. The molecular weight excluding hydrogens is 500 g/mol. The molecule has 0 fully saturated rings. The van der Waals surface area contributed by atoms with Crippen LogP contribution in [0.1, 0.15) is 34.9 Å². The number of hydrogen-bond donors (Lipinski definition) is 0. The fraction of sp³-hybridized carbons (Fsp3) is 0.154. The molecule has 33 heavy (non-hydrogen) atoms. The van der Waals surface area contributed by atoms with Crippen molar-refractivity contribution in [3.63, 3.8) is 0 Å². The lowest BCUT2D eigenvalue weighted by molar-refractivity contribution is 0.414.